The number of carbonyl (C=O) groups is 1. The second kappa shape index (κ2) is 7.88. The van der Waals surface area contributed by atoms with Crippen molar-refractivity contribution < 1.29 is 18.0 Å². The molecule has 7 heteroatoms. The zero-order valence-electron chi connectivity index (χ0n) is 15.1. The number of carbonyl (C=O) groups excluding carboxylic acids is 1. The van der Waals surface area contributed by atoms with Gasteiger partial charge in [-0.3, -0.25) is 9.78 Å². The van der Waals surface area contributed by atoms with Gasteiger partial charge in [0.1, 0.15) is 11.6 Å². The molecule has 2 aromatic heterocycles. The quantitative estimate of drug-likeness (QED) is 0.659. The van der Waals surface area contributed by atoms with Crippen LogP contribution in [0.2, 0.25) is 0 Å². The van der Waals surface area contributed by atoms with E-state index >= 15 is 0 Å². The molecule has 1 aromatic carbocycles. The van der Waals surface area contributed by atoms with E-state index in [4.69, 9.17) is 4.42 Å². The third kappa shape index (κ3) is 3.78. The van der Waals surface area contributed by atoms with Crippen LogP contribution in [-0.4, -0.2) is 27.3 Å². The predicted molar refractivity (Wildman–Crippen MR) is 98.1 cm³/mol. The van der Waals surface area contributed by atoms with Gasteiger partial charge in [0.05, 0.1) is 17.8 Å². The number of rotatable bonds is 5. The van der Waals surface area contributed by atoms with Gasteiger partial charge >= 0.3 is 0 Å². The molecule has 1 saturated heterocycles. The van der Waals surface area contributed by atoms with Crippen molar-refractivity contribution in [3.05, 3.63) is 72.0 Å². The summed E-state index contributed by atoms with van der Waals surface area (Å²) in [7, 11) is 0. The number of aromatic nitrogens is 2. The molecule has 1 unspecified atom stereocenters. The number of pyridine rings is 1. The van der Waals surface area contributed by atoms with E-state index in [1.807, 2.05) is 17.0 Å². The number of oxazole rings is 1. The van der Waals surface area contributed by atoms with Crippen LogP contribution in [0.15, 0.2) is 53.3 Å². The van der Waals surface area contributed by atoms with Crippen molar-refractivity contribution in [3.63, 3.8) is 0 Å². The smallest absolute Gasteiger partial charge is 0.223 e. The Labute approximate surface area is 161 Å². The molecule has 1 aliphatic rings. The number of hydrogen-bond donors (Lipinski definition) is 0. The molecule has 0 saturated carbocycles. The molecule has 1 amide bonds. The molecule has 144 valence electrons. The van der Waals surface area contributed by atoms with Crippen LogP contribution in [0.5, 0.6) is 0 Å². The maximum Gasteiger partial charge on any atom is 0.223 e. The van der Waals surface area contributed by atoms with Gasteiger partial charge in [0.25, 0.3) is 0 Å². The highest BCUT2D eigenvalue weighted by Gasteiger charge is 2.29. The topological polar surface area (TPSA) is 59.2 Å². The van der Waals surface area contributed by atoms with Crippen LogP contribution in [0.4, 0.5) is 8.78 Å². The molecule has 28 heavy (non-hydrogen) atoms. The van der Waals surface area contributed by atoms with Gasteiger partial charge in [-0.25, -0.2) is 13.8 Å². The third-order valence-corrected chi connectivity index (χ3v) is 4.97. The number of hydrogen-bond acceptors (Lipinski definition) is 4. The fourth-order valence-electron chi connectivity index (χ4n) is 3.59. The largest absolute Gasteiger partial charge is 0.441 e. The van der Waals surface area contributed by atoms with Crippen molar-refractivity contribution in [2.75, 3.05) is 6.54 Å². The van der Waals surface area contributed by atoms with Gasteiger partial charge in [0.2, 0.25) is 5.91 Å². The highest BCUT2D eigenvalue weighted by Crippen LogP contribution is 2.32. The van der Waals surface area contributed by atoms with E-state index in [1.165, 1.54) is 12.3 Å². The summed E-state index contributed by atoms with van der Waals surface area (Å²) in [6.45, 7) is 0.726. The number of benzene rings is 1. The van der Waals surface area contributed by atoms with Crippen molar-refractivity contribution >= 4 is 5.91 Å². The van der Waals surface area contributed by atoms with Crippen LogP contribution in [0.3, 0.4) is 0 Å². The van der Waals surface area contributed by atoms with Crippen molar-refractivity contribution in [1.82, 2.24) is 14.9 Å². The molecule has 1 aliphatic heterocycles. The molecular formula is C21H19F2N3O2. The molecule has 0 bridgehead atoms. The molecule has 0 aliphatic carbocycles. The Kier molecular flexibility index (Phi) is 5.14. The minimum Gasteiger partial charge on any atom is -0.441 e. The zero-order valence-corrected chi connectivity index (χ0v) is 15.1. The summed E-state index contributed by atoms with van der Waals surface area (Å²) in [6, 6.07) is 7.22. The number of nitrogens with zero attached hydrogens (tertiary/aromatic N) is 3. The second-order valence-electron chi connectivity index (χ2n) is 6.77. The Morgan fingerprint density at radius 1 is 1.21 bits per heavy atom. The van der Waals surface area contributed by atoms with E-state index in [9.17, 15) is 13.6 Å². The standard InChI is InChI=1S/C21H19F2N3O2/c22-15-3-4-16(17(23)12-15)19-13-25-20(28-19)5-6-21(27)26-11-1-2-18(26)14-7-9-24-10-8-14/h3-4,7-10,12-13,18H,1-2,5-6,11H2. The lowest BCUT2D eigenvalue weighted by molar-refractivity contribution is -0.132. The maximum atomic E-state index is 13.9. The first kappa shape index (κ1) is 18.3. The van der Waals surface area contributed by atoms with E-state index in [2.05, 4.69) is 9.97 Å². The molecule has 5 nitrogen and oxygen atoms in total. The van der Waals surface area contributed by atoms with E-state index in [0.29, 0.717) is 12.3 Å². The normalized spacial score (nSPS) is 16.5. The Balaban J connectivity index is 1.41. The summed E-state index contributed by atoms with van der Waals surface area (Å²) in [4.78, 5) is 22.8. The van der Waals surface area contributed by atoms with E-state index < -0.39 is 11.6 Å². The zero-order chi connectivity index (χ0) is 19.5. The lowest BCUT2D eigenvalue weighted by atomic mass is 10.1. The molecule has 4 rings (SSSR count). The summed E-state index contributed by atoms with van der Waals surface area (Å²) in [5.41, 5.74) is 1.23. The Morgan fingerprint density at radius 2 is 2.04 bits per heavy atom. The van der Waals surface area contributed by atoms with Crippen molar-refractivity contribution in [2.45, 2.75) is 31.7 Å². The van der Waals surface area contributed by atoms with Crippen LogP contribution < -0.4 is 0 Å². The van der Waals surface area contributed by atoms with Crippen LogP contribution in [0.25, 0.3) is 11.3 Å². The lowest BCUT2D eigenvalue weighted by Gasteiger charge is -2.24. The van der Waals surface area contributed by atoms with Crippen LogP contribution in [0, 0.1) is 11.6 Å². The van der Waals surface area contributed by atoms with Gasteiger partial charge < -0.3 is 9.32 Å². The monoisotopic (exact) mass is 383 g/mol. The fraction of sp³-hybridized carbons (Fsp3) is 0.286. The molecule has 0 N–H and O–H groups in total. The van der Waals surface area contributed by atoms with Crippen LogP contribution >= 0.6 is 0 Å². The fourth-order valence-corrected chi connectivity index (χ4v) is 3.59. The van der Waals surface area contributed by atoms with Crippen molar-refractivity contribution in [3.8, 4) is 11.3 Å². The molecule has 0 radical (unpaired) electrons. The maximum absolute atomic E-state index is 13.9. The Bertz CT molecular complexity index is 975. The second-order valence-corrected chi connectivity index (χ2v) is 6.77. The minimum absolute atomic E-state index is 0.0343. The van der Waals surface area contributed by atoms with Crippen LogP contribution in [-0.2, 0) is 11.2 Å². The predicted octanol–water partition coefficient (Wildman–Crippen LogP) is 4.31. The number of aryl methyl sites for hydroxylation is 1. The highest BCUT2D eigenvalue weighted by molar-refractivity contribution is 5.77. The van der Waals surface area contributed by atoms with Crippen LogP contribution in [0.1, 0.15) is 36.8 Å². The lowest BCUT2D eigenvalue weighted by Crippen LogP contribution is -2.30. The average Bonchev–Trinajstić information content (AvgIpc) is 3.36. The van der Waals surface area contributed by atoms with E-state index in [-0.39, 0.29) is 29.7 Å². The minimum atomic E-state index is -0.712. The molecule has 1 fully saturated rings. The molecule has 3 aromatic rings. The summed E-state index contributed by atoms with van der Waals surface area (Å²) < 4.78 is 32.5. The average molecular weight is 383 g/mol. The van der Waals surface area contributed by atoms with Gasteiger partial charge in [-0.2, -0.15) is 0 Å². The summed E-state index contributed by atoms with van der Waals surface area (Å²) >= 11 is 0. The Morgan fingerprint density at radius 3 is 2.82 bits per heavy atom. The summed E-state index contributed by atoms with van der Waals surface area (Å²) in [5, 5.41) is 0. The first-order chi connectivity index (χ1) is 13.6. The summed E-state index contributed by atoms with van der Waals surface area (Å²) in [5.74, 6) is -0.758. The van der Waals surface area contributed by atoms with Gasteiger partial charge in [-0.1, -0.05) is 0 Å². The van der Waals surface area contributed by atoms with E-state index in [0.717, 1.165) is 37.1 Å². The molecule has 1 atom stereocenters. The molecule has 3 heterocycles. The van der Waals surface area contributed by atoms with Gasteiger partial charge in [-0.15, -0.1) is 0 Å². The van der Waals surface area contributed by atoms with Crippen molar-refractivity contribution in [1.29, 1.82) is 0 Å². The number of amides is 1. The SMILES string of the molecule is O=C(CCc1ncc(-c2ccc(F)cc2F)o1)N1CCCC1c1ccncc1. The molecule has 0 spiro atoms. The van der Waals surface area contributed by atoms with Gasteiger partial charge in [-0.05, 0) is 42.7 Å². The first-order valence-electron chi connectivity index (χ1n) is 9.21. The molecular weight excluding hydrogens is 364 g/mol. The first-order valence-corrected chi connectivity index (χ1v) is 9.21. The van der Waals surface area contributed by atoms with Crippen molar-refractivity contribution in [2.24, 2.45) is 0 Å². The number of halogens is 2. The highest BCUT2D eigenvalue weighted by atomic mass is 19.1. The summed E-state index contributed by atoms with van der Waals surface area (Å²) in [6.07, 6.45) is 7.34. The van der Waals surface area contributed by atoms with E-state index in [1.54, 1.807) is 12.4 Å². The Hall–Kier alpha value is -3.09. The van der Waals surface area contributed by atoms with Gasteiger partial charge in [0, 0.05) is 37.8 Å². The number of likely N-dealkylation sites (tertiary alicyclic amines) is 1. The van der Waals surface area contributed by atoms with Gasteiger partial charge in [0.15, 0.2) is 11.7 Å². The third-order valence-electron chi connectivity index (χ3n) is 4.97.